The Morgan fingerprint density at radius 1 is 1.10 bits per heavy atom. The summed E-state index contributed by atoms with van der Waals surface area (Å²) in [6.07, 6.45) is 2.05. The molecule has 0 amide bonds. The SMILES string of the molecule is CC(C)(C)C(C)(C)C(=O)OCC1Cc2ccccc2C1. The first-order chi connectivity index (χ1) is 9.22. The van der Waals surface area contributed by atoms with Gasteiger partial charge < -0.3 is 4.74 Å². The predicted octanol–water partition coefficient (Wildman–Crippen LogP) is 4.02. The lowest BCUT2D eigenvalue weighted by atomic mass is 9.69. The van der Waals surface area contributed by atoms with Gasteiger partial charge in [-0.2, -0.15) is 0 Å². The van der Waals surface area contributed by atoms with E-state index in [4.69, 9.17) is 4.74 Å². The molecular weight excluding hydrogens is 248 g/mol. The van der Waals surface area contributed by atoms with E-state index in [1.807, 2.05) is 13.8 Å². The van der Waals surface area contributed by atoms with Crippen molar-refractivity contribution in [3.05, 3.63) is 35.4 Å². The van der Waals surface area contributed by atoms with Crippen LogP contribution in [0.3, 0.4) is 0 Å². The van der Waals surface area contributed by atoms with Crippen LogP contribution in [0, 0.1) is 16.7 Å². The molecular formula is C18H26O2. The van der Waals surface area contributed by atoms with E-state index >= 15 is 0 Å². The smallest absolute Gasteiger partial charge is 0.312 e. The number of carbonyl (C=O) groups is 1. The molecule has 1 aromatic carbocycles. The van der Waals surface area contributed by atoms with Crippen molar-refractivity contribution in [2.75, 3.05) is 6.61 Å². The highest BCUT2D eigenvalue weighted by Gasteiger charge is 2.41. The van der Waals surface area contributed by atoms with Crippen LogP contribution in [0.25, 0.3) is 0 Å². The molecule has 2 heteroatoms. The molecule has 0 aliphatic heterocycles. The molecule has 1 aliphatic carbocycles. The second-order valence-electron chi connectivity index (χ2n) is 7.52. The van der Waals surface area contributed by atoms with Crippen LogP contribution in [0.2, 0.25) is 0 Å². The molecule has 20 heavy (non-hydrogen) atoms. The van der Waals surface area contributed by atoms with Gasteiger partial charge >= 0.3 is 5.97 Å². The molecule has 0 saturated carbocycles. The highest BCUT2D eigenvalue weighted by Crippen LogP contribution is 2.39. The first kappa shape index (κ1) is 15.1. The molecule has 1 aliphatic rings. The number of benzene rings is 1. The molecule has 0 radical (unpaired) electrons. The minimum Gasteiger partial charge on any atom is -0.465 e. The number of hydrogen-bond acceptors (Lipinski definition) is 2. The number of ether oxygens (including phenoxy) is 1. The predicted molar refractivity (Wildman–Crippen MR) is 81.5 cm³/mol. The maximum Gasteiger partial charge on any atom is 0.312 e. The van der Waals surface area contributed by atoms with Gasteiger partial charge in [-0.1, -0.05) is 45.0 Å². The van der Waals surface area contributed by atoms with E-state index in [9.17, 15) is 4.79 Å². The fraction of sp³-hybridized carbons (Fsp3) is 0.611. The Kier molecular flexibility index (Phi) is 3.95. The number of hydrogen-bond donors (Lipinski definition) is 0. The second-order valence-corrected chi connectivity index (χ2v) is 7.52. The third kappa shape index (κ3) is 2.89. The molecule has 0 bridgehead atoms. The van der Waals surface area contributed by atoms with Crippen LogP contribution in [0.15, 0.2) is 24.3 Å². The summed E-state index contributed by atoms with van der Waals surface area (Å²) >= 11 is 0. The minimum atomic E-state index is -0.460. The van der Waals surface area contributed by atoms with Gasteiger partial charge in [0.05, 0.1) is 12.0 Å². The molecule has 0 unspecified atom stereocenters. The van der Waals surface area contributed by atoms with E-state index < -0.39 is 5.41 Å². The van der Waals surface area contributed by atoms with E-state index in [-0.39, 0.29) is 11.4 Å². The summed E-state index contributed by atoms with van der Waals surface area (Å²) in [5, 5.41) is 0. The topological polar surface area (TPSA) is 26.3 Å². The molecule has 0 spiro atoms. The average molecular weight is 274 g/mol. The van der Waals surface area contributed by atoms with Crippen molar-refractivity contribution in [2.24, 2.45) is 16.7 Å². The average Bonchev–Trinajstić information content (AvgIpc) is 2.77. The van der Waals surface area contributed by atoms with Crippen LogP contribution < -0.4 is 0 Å². The molecule has 0 atom stereocenters. The minimum absolute atomic E-state index is 0.0824. The zero-order valence-electron chi connectivity index (χ0n) is 13.3. The van der Waals surface area contributed by atoms with Crippen molar-refractivity contribution in [3.8, 4) is 0 Å². The van der Waals surface area contributed by atoms with E-state index in [2.05, 4.69) is 45.0 Å². The summed E-state index contributed by atoms with van der Waals surface area (Å²) in [5.74, 6) is 0.355. The van der Waals surface area contributed by atoms with Crippen LogP contribution >= 0.6 is 0 Å². The van der Waals surface area contributed by atoms with Gasteiger partial charge in [0.2, 0.25) is 0 Å². The normalized spacial score (nSPS) is 16.1. The fourth-order valence-electron chi connectivity index (χ4n) is 2.45. The van der Waals surface area contributed by atoms with E-state index in [0.717, 1.165) is 12.8 Å². The van der Waals surface area contributed by atoms with Crippen LogP contribution in [-0.4, -0.2) is 12.6 Å². The standard InChI is InChI=1S/C18H26O2/c1-17(2,3)18(4,5)16(19)20-12-13-10-14-8-6-7-9-15(14)11-13/h6-9,13H,10-12H2,1-5H3. The maximum absolute atomic E-state index is 12.3. The van der Waals surface area contributed by atoms with E-state index in [1.165, 1.54) is 11.1 Å². The third-order valence-corrected chi connectivity index (χ3v) is 4.97. The molecule has 2 nitrogen and oxygen atoms in total. The number of rotatable bonds is 3. The van der Waals surface area contributed by atoms with Crippen molar-refractivity contribution in [1.82, 2.24) is 0 Å². The van der Waals surface area contributed by atoms with Gasteiger partial charge in [-0.3, -0.25) is 4.79 Å². The highest BCUT2D eigenvalue weighted by molar-refractivity contribution is 5.76. The van der Waals surface area contributed by atoms with Crippen molar-refractivity contribution in [3.63, 3.8) is 0 Å². The molecule has 1 aromatic rings. The summed E-state index contributed by atoms with van der Waals surface area (Å²) in [7, 11) is 0. The third-order valence-electron chi connectivity index (χ3n) is 4.97. The number of carbonyl (C=O) groups excluding carboxylic acids is 1. The Balaban J connectivity index is 1.90. The molecule has 2 rings (SSSR count). The largest absolute Gasteiger partial charge is 0.465 e. The first-order valence-electron chi connectivity index (χ1n) is 7.46. The number of esters is 1. The van der Waals surface area contributed by atoms with Crippen molar-refractivity contribution < 1.29 is 9.53 Å². The Morgan fingerprint density at radius 3 is 2.05 bits per heavy atom. The highest BCUT2D eigenvalue weighted by atomic mass is 16.5. The van der Waals surface area contributed by atoms with Gasteiger partial charge in [0.25, 0.3) is 0 Å². The quantitative estimate of drug-likeness (QED) is 0.778. The lowest BCUT2D eigenvalue weighted by molar-refractivity contribution is -0.161. The zero-order chi connectivity index (χ0) is 15.0. The van der Waals surface area contributed by atoms with E-state index in [1.54, 1.807) is 0 Å². The Labute approximate surface area is 122 Å². The monoisotopic (exact) mass is 274 g/mol. The molecule has 0 aromatic heterocycles. The van der Waals surface area contributed by atoms with E-state index in [0.29, 0.717) is 12.5 Å². The lowest BCUT2D eigenvalue weighted by Crippen LogP contribution is -2.39. The first-order valence-corrected chi connectivity index (χ1v) is 7.46. The van der Waals surface area contributed by atoms with Crippen molar-refractivity contribution >= 4 is 5.97 Å². The van der Waals surface area contributed by atoms with Crippen molar-refractivity contribution in [2.45, 2.75) is 47.5 Å². The Hall–Kier alpha value is -1.31. The molecule has 0 N–H and O–H groups in total. The molecule has 0 fully saturated rings. The second kappa shape index (κ2) is 5.23. The lowest BCUT2D eigenvalue weighted by Gasteiger charge is -2.36. The van der Waals surface area contributed by atoms with Gasteiger partial charge in [-0.25, -0.2) is 0 Å². The maximum atomic E-state index is 12.3. The van der Waals surface area contributed by atoms with Gasteiger partial charge in [-0.05, 0) is 43.2 Å². The number of fused-ring (bicyclic) bond motifs is 1. The van der Waals surface area contributed by atoms with Crippen LogP contribution in [0.1, 0.15) is 45.7 Å². The van der Waals surface area contributed by atoms with Crippen molar-refractivity contribution in [1.29, 1.82) is 0 Å². The van der Waals surface area contributed by atoms with Gasteiger partial charge in [-0.15, -0.1) is 0 Å². The van der Waals surface area contributed by atoms with Gasteiger partial charge in [0.15, 0.2) is 0 Å². The Morgan fingerprint density at radius 2 is 1.60 bits per heavy atom. The molecule has 110 valence electrons. The van der Waals surface area contributed by atoms with Gasteiger partial charge in [0, 0.05) is 5.92 Å². The van der Waals surface area contributed by atoms with Gasteiger partial charge in [0.1, 0.15) is 0 Å². The van der Waals surface area contributed by atoms with Crippen LogP contribution in [0.4, 0.5) is 0 Å². The summed E-state index contributed by atoms with van der Waals surface area (Å²) in [4.78, 5) is 12.3. The van der Waals surface area contributed by atoms with Crippen LogP contribution in [0.5, 0.6) is 0 Å². The zero-order valence-corrected chi connectivity index (χ0v) is 13.3. The Bertz CT molecular complexity index is 469. The summed E-state index contributed by atoms with van der Waals surface area (Å²) in [5.41, 5.74) is 2.26. The summed E-state index contributed by atoms with van der Waals surface area (Å²) in [6.45, 7) is 10.7. The summed E-state index contributed by atoms with van der Waals surface area (Å²) < 4.78 is 5.61. The fourth-order valence-corrected chi connectivity index (χ4v) is 2.45. The van der Waals surface area contributed by atoms with Crippen LogP contribution in [-0.2, 0) is 22.4 Å². The molecule has 0 heterocycles. The summed E-state index contributed by atoms with van der Waals surface area (Å²) in [6, 6.07) is 8.51. The molecule has 0 saturated heterocycles.